The van der Waals surface area contributed by atoms with Crippen molar-refractivity contribution in [2.75, 3.05) is 0 Å². The van der Waals surface area contributed by atoms with Crippen molar-refractivity contribution in [3.8, 4) is 5.75 Å². The summed E-state index contributed by atoms with van der Waals surface area (Å²) in [4.78, 5) is 12.0. The molecular weight excluding hydrogens is 698 g/mol. The third-order valence-electron chi connectivity index (χ3n) is 4.82. The highest BCUT2D eigenvalue weighted by Crippen LogP contribution is 2.45. The van der Waals surface area contributed by atoms with Gasteiger partial charge in [0, 0.05) is 5.56 Å². The van der Waals surface area contributed by atoms with E-state index >= 15 is 0 Å². The van der Waals surface area contributed by atoms with Crippen LogP contribution in [0, 0.1) is 6.92 Å². The number of aromatic hydroxyl groups is 1. The van der Waals surface area contributed by atoms with Crippen LogP contribution in [0.2, 0.25) is 0 Å². The van der Waals surface area contributed by atoms with Gasteiger partial charge in [0.2, 0.25) is 5.78 Å². The standard InChI is InChI=1S/C21H14Br4O5S.H3N/c1-9-12(7-14(22)20(26)18(9)24)17(11-5-3-4-6-16(11)31(28,29)30)13-8-15(23)21(27)19(25)10(13)2;/h3-8,26H,1-2H3,(H,28,29,30);1H3/b17-13-;. The minimum atomic E-state index is -4.81. The second-order valence-electron chi connectivity index (χ2n) is 6.69. The molecule has 0 amide bonds. The van der Waals surface area contributed by atoms with E-state index in [1.165, 1.54) is 12.1 Å². The van der Waals surface area contributed by atoms with E-state index in [1.54, 1.807) is 38.1 Å². The Labute approximate surface area is 219 Å². The summed E-state index contributed by atoms with van der Waals surface area (Å²) in [6, 6.07) is 7.54. The van der Waals surface area contributed by atoms with E-state index in [4.69, 9.17) is 0 Å². The zero-order valence-corrected chi connectivity index (χ0v) is 24.1. The Morgan fingerprint density at radius 3 is 2.22 bits per heavy atom. The largest absolute Gasteiger partial charge is 0.744 e. The summed E-state index contributed by atoms with van der Waals surface area (Å²) in [5.41, 5.74) is 2.90. The topological polar surface area (TPSA) is 131 Å². The van der Waals surface area contributed by atoms with Gasteiger partial charge in [0.15, 0.2) is 0 Å². The van der Waals surface area contributed by atoms with Gasteiger partial charge >= 0.3 is 0 Å². The van der Waals surface area contributed by atoms with Crippen LogP contribution in [0.4, 0.5) is 0 Å². The van der Waals surface area contributed by atoms with Crippen LogP contribution in [0.25, 0.3) is 5.57 Å². The first-order valence-corrected chi connectivity index (χ1v) is 13.2. The van der Waals surface area contributed by atoms with Crippen LogP contribution in [-0.4, -0.2) is 23.9 Å². The summed E-state index contributed by atoms with van der Waals surface area (Å²) in [5, 5.41) is 10.3. The van der Waals surface area contributed by atoms with E-state index < -0.39 is 10.1 Å². The fraction of sp³-hybridized carbons (Fsp3) is 0.0952. The first kappa shape index (κ1) is 27.2. The van der Waals surface area contributed by atoms with Crippen LogP contribution in [0.3, 0.4) is 0 Å². The SMILES string of the molecule is CC1=C(Br)C(=O)C(Br)=C/C1=C(\c1ccccc1S(=O)(=O)[O-])c1cc(Br)c(O)c(Br)c1C.[NH4+]. The number of hydrogen-bond donors (Lipinski definition) is 2. The molecule has 0 radical (unpaired) electrons. The average molecular weight is 715 g/mol. The van der Waals surface area contributed by atoms with Crippen molar-refractivity contribution in [2.45, 2.75) is 18.7 Å². The Bertz CT molecular complexity index is 1340. The molecule has 5 N–H and O–H groups in total. The normalized spacial score (nSPS) is 16.0. The molecule has 2 aromatic rings. The highest BCUT2D eigenvalue weighted by Gasteiger charge is 2.27. The molecule has 6 nitrogen and oxygen atoms in total. The second-order valence-corrected chi connectivity index (χ2v) is 11.3. The van der Waals surface area contributed by atoms with E-state index in [1.807, 2.05) is 0 Å². The minimum Gasteiger partial charge on any atom is -0.744 e. The lowest BCUT2D eigenvalue weighted by atomic mass is 9.85. The molecule has 0 fully saturated rings. The summed E-state index contributed by atoms with van der Waals surface area (Å²) < 4.78 is 37.6. The molecule has 0 saturated heterocycles. The van der Waals surface area contributed by atoms with Crippen molar-refractivity contribution < 1.29 is 22.9 Å². The Morgan fingerprint density at radius 2 is 1.62 bits per heavy atom. The lowest BCUT2D eigenvalue weighted by Crippen LogP contribution is -2.11. The van der Waals surface area contributed by atoms with Crippen LogP contribution in [0.1, 0.15) is 23.6 Å². The monoisotopic (exact) mass is 711 g/mol. The highest BCUT2D eigenvalue weighted by molar-refractivity contribution is 9.13. The number of Topliss-reactive ketones (excluding diaryl/α,β-unsaturated/α-hetero) is 1. The Hall–Kier alpha value is -1.08. The molecule has 2 aromatic carbocycles. The molecular formula is C21H17Br4NO5S. The summed E-state index contributed by atoms with van der Waals surface area (Å²) in [6.07, 6.45) is 1.60. The summed E-state index contributed by atoms with van der Waals surface area (Å²) in [6.45, 7) is 3.47. The van der Waals surface area contributed by atoms with Gasteiger partial charge in [-0.05, 0) is 124 Å². The first-order valence-electron chi connectivity index (χ1n) is 8.62. The highest BCUT2D eigenvalue weighted by atomic mass is 79.9. The smallest absolute Gasteiger partial charge is 0.207 e. The number of halogens is 4. The van der Waals surface area contributed by atoms with Gasteiger partial charge in [-0.2, -0.15) is 0 Å². The third kappa shape index (κ3) is 4.89. The number of allylic oxidation sites excluding steroid dienone is 5. The molecule has 0 unspecified atom stereocenters. The molecule has 0 atom stereocenters. The Kier molecular flexibility index (Phi) is 8.53. The van der Waals surface area contributed by atoms with Crippen LogP contribution >= 0.6 is 63.7 Å². The second kappa shape index (κ2) is 10.0. The van der Waals surface area contributed by atoms with Gasteiger partial charge in [0.05, 0.1) is 22.8 Å². The summed E-state index contributed by atoms with van der Waals surface area (Å²) in [7, 11) is -4.81. The first-order chi connectivity index (χ1) is 14.4. The molecule has 3 rings (SSSR count). The van der Waals surface area contributed by atoms with Crippen molar-refractivity contribution in [3.05, 3.63) is 82.2 Å². The number of quaternary nitrogens is 1. The minimum absolute atomic E-state index is 0. The molecule has 0 aromatic heterocycles. The number of phenols is 1. The lowest BCUT2D eigenvalue weighted by Gasteiger charge is -2.24. The Balaban J connectivity index is 0.00000363. The maximum atomic E-state index is 12.4. The quantitative estimate of drug-likeness (QED) is 0.337. The van der Waals surface area contributed by atoms with E-state index in [2.05, 4.69) is 63.7 Å². The molecule has 0 heterocycles. The average Bonchev–Trinajstić information content (AvgIpc) is 2.72. The van der Waals surface area contributed by atoms with E-state index in [0.717, 1.165) is 0 Å². The van der Waals surface area contributed by atoms with Crippen molar-refractivity contribution in [1.82, 2.24) is 6.15 Å². The van der Waals surface area contributed by atoms with Crippen LogP contribution in [0.15, 0.2) is 70.4 Å². The van der Waals surface area contributed by atoms with Gasteiger partial charge in [-0.1, -0.05) is 18.2 Å². The molecule has 11 heteroatoms. The van der Waals surface area contributed by atoms with Gasteiger partial charge in [-0.3, -0.25) is 4.79 Å². The number of benzene rings is 2. The molecule has 0 saturated carbocycles. The number of carbonyl (C=O) groups is 1. The van der Waals surface area contributed by atoms with E-state index in [-0.39, 0.29) is 32.6 Å². The number of ketones is 1. The molecule has 0 bridgehead atoms. The van der Waals surface area contributed by atoms with Crippen LogP contribution in [-0.2, 0) is 14.9 Å². The van der Waals surface area contributed by atoms with E-state index in [9.17, 15) is 22.9 Å². The van der Waals surface area contributed by atoms with Gasteiger partial charge in [-0.15, -0.1) is 0 Å². The van der Waals surface area contributed by atoms with Gasteiger partial charge in [0.25, 0.3) is 0 Å². The predicted molar refractivity (Wildman–Crippen MR) is 138 cm³/mol. The molecule has 0 aliphatic heterocycles. The zero-order chi connectivity index (χ0) is 23.2. The summed E-state index contributed by atoms with van der Waals surface area (Å²) >= 11 is 13.3. The maximum Gasteiger partial charge on any atom is 0.207 e. The van der Waals surface area contributed by atoms with Crippen molar-refractivity contribution in [2.24, 2.45) is 0 Å². The number of carbonyl (C=O) groups excluding carboxylic acids is 1. The maximum absolute atomic E-state index is 12.4. The van der Waals surface area contributed by atoms with Gasteiger partial charge in [-0.25, -0.2) is 8.42 Å². The fourth-order valence-corrected chi connectivity index (χ4v) is 6.17. The fourth-order valence-electron chi connectivity index (χ4n) is 3.24. The molecule has 0 spiro atoms. The molecule has 1 aliphatic rings. The van der Waals surface area contributed by atoms with E-state index in [0.29, 0.717) is 41.3 Å². The molecule has 32 heavy (non-hydrogen) atoms. The number of phenolic OH excluding ortho intramolecular Hbond substituents is 1. The third-order valence-corrected chi connectivity index (χ3v) is 8.84. The van der Waals surface area contributed by atoms with Crippen molar-refractivity contribution >= 4 is 85.2 Å². The van der Waals surface area contributed by atoms with Gasteiger partial charge in [0.1, 0.15) is 15.9 Å². The van der Waals surface area contributed by atoms with Gasteiger partial charge < -0.3 is 15.8 Å². The van der Waals surface area contributed by atoms with Crippen molar-refractivity contribution in [1.29, 1.82) is 0 Å². The Morgan fingerprint density at radius 1 is 1.03 bits per heavy atom. The van der Waals surface area contributed by atoms with Crippen LogP contribution in [0.5, 0.6) is 5.75 Å². The number of rotatable bonds is 3. The zero-order valence-electron chi connectivity index (χ0n) is 17.0. The lowest BCUT2D eigenvalue weighted by molar-refractivity contribution is -0.111. The number of hydrogen-bond acceptors (Lipinski definition) is 5. The molecule has 1 aliphatic carbocycles. The van der Waals surface area contributed by atoms with Crippen LogP contribution < -0.4 is 6.15 Å². The molecule has 170 valence electrons. The predicted octanol–water partition coefficient (Wildman–Crippen LogP) is 6.84. The summed E-state index contributed by atoms with van der Waals surface area (Å²) in [5.74, 6) is -0.269. The van der Waals surface area contributed by atoms with Crippen molar-refractivity contribution in [3.63, 3.8) is 0 Å².